The van der Waals surface area contributed by atoms with Gasteiger partial charge in [-0.1, -0.05) is 18.2 Å². The van der Waals surface area contributed by atoms with Crippen molar-refractivity contribution >= 4 is 5.97 Å². The van der Waals surface area contributed by atoms with Crippen LogP contribution in [0, 0.1) is 0 Å². The molecule has 0 saturated carbocycles. The number of rotatable bonds is 5. The number of ether oxygens (including phenoxy) is 3. The van der Waals surface area contributed by atoms with E-state index in [1.807, 2.05) is 36.4 Å². The van der Waals surface area contributed by atoms with Gasteiger partial charge in [0.15, 0.2) is 0 Å². The Balaban J connectivity index is 2.08. The second-order valence-corrected chi connectivity index (χ2v) is 4.11. The highest BCUT2D eigenvalue weighted by molar-refractivity contribution is 5.90. The molecule has 0 aliphatic heterocycles. The fraction of sp³-hybridized carbons (Fsp3) is 0.188. The minimum Gasteiger partial charge on any atom is -0.497 e. The van der Waals surface area contributed by atoms with E-state index >= 15 is 0 Å². The summed E-state index contributed by atoms with van der Waals surface area (Å²) in [4.78, 5) is 11.6. The van der Waals surface area contributed by atoms with Crippen LogP contribution in [-0.4, -0.2) is 20.2 Å². The van der Waals surface area contributed by atoms with Gasteiger partial charge in [-0.25, -0.2) is 4.79 Å². The first-order valence-electron chi connectivity index (χ1n) is 6.17. The third-order valence-electron chi connectivity index (χ3n) is 2.88. The maximum atomic E-state index is 11.6. The van der Waals surface area contributed by atoms with Crippen molar-refractivity contribution in [3.8, 4) is 11.5 Å². The Kier molecular flexibility index (Phi) is 4.60. The molecule has 0 spiro atoms. The molecule has 0 amide bonds. The summed E-state index contributed by atoms with van der Waals surface area (Å²) in [6, 6.07) is 14.5. The van der Waals surface area contributed by atoms with Gasteiger partial charge >= 0.3 is 5.97 Å². The van der Waals surface area contributed by atoms with Crippen LogP contribution in [0.2, 0.25) is 0 Å². The number of benzene rings is 2. The first-order valence-corrected chi connectivity index (χ1v) is 6.17. The quantitative estimate of drug-likeness (QED) is 0.785. The molecule has 20 heavy (non-hydrogen) atoms. The minimum absolute atomic E-state index is 0.303. The van der Waals surface area contributed by atoms with Gasteiger partial charge in [-0.2, -0.15) is 0 Å². The van der Waals surface area contributed by atoms with Gasteiger partial charge in [-0.15, -0.1) is 0 Å². The summed E-state index contributed by atoms with van der Waals surface area (Å²) in [6.45, 7) is 0.303. The van der Waals surface area contributed by atoms with Crippen molar-refractivity contribution < 1.29 is 19.0 Å². The highest BCUT2D eigenvalue weighted by Crippen LogP contribution is 2.19. The Morgan fingerprint density at radius 1 is 0.950 bits per heavy atom. The Bertz CT molecular complexity index is 575. The average molecular weight is 272 g/mol. The number of esters is 1. The van der Waals surface area contributed by atoms with Gasteiger partial charge in [0, 0.05) is 5.56 Å². The Hall–Kier alpha value is -2.49. The molecule has 0 heterocycles. The summed E-state index contributed by atoms with van der Waals surface area (Å²) in [5.74, 6) is 1.12. The normalized spacial score (nSPS) is 9.90. The number of methoxy groups -OCH3 is 2. The Morgan fingerprint density at radius 2 is 1.60 bits per heavy atom. The van der Waals surface area contributed by atoms with Crippen LogP contribution in [0.5, 0.6) is 11.5 Å². The first-order chi connectivity index (χ1) is 9.74. The molecular formula is C16H16O4. The van der Waals surface area contributed by atoms with Crippen molar-refractivity contribution in [1.82, 2.24) is 0 Å². The summed E-state index contributed by atoms with van der Waals surface area (Å²) in [5, 5.41) is 0. The van der Waals surface area contributed by atoms with E-state index in [0.717, 1.165) is 11.3 Å². The predicted molar refractivity (Wildman–Crippen MR) is 75.1 cm³/mol. The second kappa shape index (κ2) is 6.61. The highest BCUT2D eigenvalue weighted by atomic mass is 16.5. The molecule has 0 radical (unpaired) electrons. The molecule has 0 aliphatic rings. The fourth-order valence-corrected chi connectivity index (χ4v) is 1.79. The summed E-state index contributed by atoms with van der Waals surface area (Å²) in [7, 11) is 2.98. The molecule has 0 saturated heterocycles. The standard InChI is InChI=1S/C16H16O4/c1-18-13-7-9-14(10-8-13)20-11-12-5-3-4-6-15(12)16(17)19-2/h3-10H,11H2,1-2H3. The zero-order chi connectivity index (χ0) is 14.4. The molecule has 2 rings (SSSR count). The lowest BCUT2D eigenvalue weighted by atomic mass is 10.1. The third-order valence-corrected chi connectivity index (χ3v) is 2.88. The number of carbonyl (C=O) groups is 1. The van der Waals surface area contributed by atoms with Crippen molar-refractivity contribution in [2.24, 2.45) is 0 Å². The lowest BCUT2D eigenvalue weighted by molar-refractivity contribution is 0.0597. The zero-order valence-electron chi connectivity index (χ0n) is 11.5. The number of hydrogen-bond acceptors (Lipinski definition) is 4. The van der Waals surface area contributed by atoms with Crippen molar-refractivity contribution in [3.05, 3.63) is 59.7 Å². The van der Waals surface area contributed by atoms with Crippen LogP contribution in [0.25, 0.3) is 0 Å². The van der Waals surface area contributed by atoms with E-state index in [1.165, 1.54) is 7.11 Å². The molecular weight excluding hydrogens is 256 g/mol. The maximum absolute atomic E-state index is 11.6. The van der Waals surface area contributed by atoms with Gasteiger partial charge < -0.3 is 14.2 Å². The lowest BCUT2D eigenvalue weighted by Gasteiger charge is -2.10. The van der Waals surface area contributed by atoms with E-state index < -0.39 is 0 Å². The van der Waals surface area contributed by atoms with E-state index in [2.05, 4.69) is 0 Å². The lowest BCUT2D eigenvalue weighted by Crippen LogP contribution is -2.07. The SMILES string of the molecule is COC(=O)c1ccccc1COc1ccc(OC)cc1. The Morgan fingerprint density at radius 3 is 2.25 bits per heavy atom. The van der Waals surface area contributed by atoms with Crippen molar-refractivity contribution in [2.45, 2.75) is 6.61 Å². The average Bonchev–Trinajstić information content (AvgIpc) is 2.53. The van der Waals surface area contributed by atoms with Crippen LogP contribution in [0.3, 0.4) is 0 Å². The third kappa shape index (κ3) is 3.29. The van der Waals surface area contributed by atoms with Gasteiger partial charge in [0.25, 0.3) is 0 Å². The zero-order valence-corrected chi connectivity index (χ0v) is 11.5. The van der Waals surface area contributed by atoms with Gasteiger partial charge in [-0.05, 0) is 30.3 Å². The molecule has 4 heteroatoms. The molecule has 2 aromatic rings. The summed E-state index contributed by atoms with van der Waals surface area (Å²) >= 11 is 0. The van der Waals surface area contributed by atoms with E-state index in [1.54, 1.807) is 19.2 Å². The van der Waals surface area contributed by atoms with Gasteiger partial charge in [-0.3, -0.25) is 0 Å². The van der Waals surface area contributed by atoms with E-state index in [0.29, 0.717) is 17.9 Å². The van der Waals surface area contributed by atoms with Crippen LogP contribution >= 0.6 is 0 Å². The van der Waals surface area contributed by atoms with Gasteiger partial charge in [0.1, 0.15) is 18.1 Å². The smallest absolute Gasteiger partial charge is 0.338 e. The van der Waals surface area contributed by atoms with E-state index in [4.69, 9.17) is 14.2 Å². The molecule has 0 aliphatic carbocycles. The van der Waals surface area contributed by atoms with Gasteiger partial charge in [0.05, 0.1) is 19.8 Å². The van der Waals surface area contributed by atoms with Crippen LogP contribution in [0.15, 0.2) is 48.5 Å². The summed E-state index contributed by atoms with van der Waals surface area (Å²) < 4.78 is 15.5. The van der Waals surface area contributed by atoms with Crippen LogP contribution < -0.4 is 9.47 Å². The second-order valence-electron chi connectivity index (χ2n) is 4.11. The highest BCUT2D eigenvalue weighted by Gasteiger charge is 2.11. The molecule has 0 bridgehead atoms. The van der Waals surface area contributed by atoms with E-state index in [9.17, 15) is 4.79 Å². The van der Waals surface area contributed by atoms with Crippen molar-refractivity contribution in [1.29, 1.82) is 0 Å². The molecule has 0 unspecified atom stereocenters. The van der Waals surface area contributed by atoms with Crippen molar-refractivity contribution in [2.75, 3.05) is 14.2 Å². The molecule has 0 N–H and O–H groups in total. The molecule has 104 valence electrons. The monoisotopic (exact) mass is 272 g/mol. The van der Waals surface area contributed by atoms with Gasteiger partial charge in [0.2, 0.25) is 0 Å². The minimum atomic E-state index is -0.362. The fourth-order valence-electron chi connectivity index (χ4n) is 1.79. The number of hydrogen-bond donors (Lipinski definition) is 0. The van der Waals surface area contributed by atoms with Crippen LogP contribution in [0.4, 0.5) is 0 Å². The predicted octanol–water partition coefficient (Wildman–Crippen LogP) is 3.06. The molecule has 2 aromatic carbocycles. The summed E-state index contributed by atoms with van der Waals surface area (Å²) in [5.41, 5.74) is 1.30. The first kappa shape index (κ1) is 13.9. The van der Waals surface area contributed by atoms with Crippen LogP contribution in [0.1, 0.15) is 15.9 Å². The van der Waals surface area contributed by atoms with Crippen molar-refractivity contribution in [3.63, 3.8) is 0 Å². The summed E-state index contributed by atoms with van der Waals surface area (Å²) in [6.07, 6.45) is 0. The molecule has 0 atom stereocenters. The molecule has 0 fully saturated rings. The topological polar surface area (TPSA) is 44.8 Å². The maximum Gasteiger partial charge on any atom is 0.338 e. The van der Waals surface area contributed by atoms with Crippen LogP contribution in [-0.2, 0) is 11.3 Å². The number of carbonyl (C=O) groups excluding carboxylic acids is 1. The van der Waals surface area contributed by atoms with E-state index in [-0.39, 0.29) is 5.97 Å². The molecule has 4 nitrogen and oxygen atoms in total. The Labute approximate surface area is 117 Å². The molecule has 0 aromatic heterocycles. The largest absolute Gasteiger partial charge is 0.497 e.